The second-order valence-electron chi connectivity index (χ2n) is 5.74. The molecule has 0 unspecified atom stereocenters. The van der Waals surface area contributed by atoms with Crippen molar-refractivity contribution in [2.45, 2.75) is 37.1 Å². The highest BCUT2D eigenvalue weighted by Crippen LogP contribution is 2.17. The number of sulfonamides is 1. The minimum Gasteiger partial charge on any atom is -0.452 e. The molecule has 24 heavy (non-hydrogen) atoms. The van der Waals surface area contributed by atoms with Gasteiger partial charge in [-0.2, -0.15) is 0 Å². The predicted molar refractivity (Wildman–Crippen MR) is 88.0 cm³/mol. The van der Waals surface area contributed by atoms with Gasteiger partial charge >= 0.3 is 5.97 Å². The number of nitrogens with one attached hydrogen (secondary N) is 1. The molecule has 1 fully saturated rings. The van der Waals surface area contributed by atoms with Gasteiger partial charge in [0.15, 0.2) is 6.61 Å². The highest BCUT2D eigenvalue weighted by atomic mass is 32.2. The Balaban J connectivity index is 2.00. The maximum atomic E-state index is 12.2. The van der Waals surface area contributed by atoms with Crippen LogP contribution in [0, 0.1) is 0 Å². The van der Waals surface area contributed by atoms with Crippen LogP contribution in [0.4, 0.5) is 0 Å². The zero-order chi connectivity index (χ0) is 17.7. The van der Waals surface area contributed by atoms with Gasteiger partial charge in [0.2, 0.25) is 10.0 Å². The number of piperidine rings is 1. The Morgan fingerprint density at radius 1 is 1.33 bits per heavy atom. The third-order valence-electron chi connectivity index (χ3n) is 4.10. The molecule has 0 aromatic heterocycles. The Hall–Kier alpha value is -1.93. The molecule has 0 spiro atoms. The molecule has 1 saturated heterocycles. The van der Waals surface area contributed by atoms with Crippen LogP contribution in [0.2, 0.25) is 0 Å². The van der Waals surface area contributed by atoms with E-state index in [0.29, 0.717) is 6.54 Å². The van der Waals surface area contributed by atoms with Crippen molar-refractivity contribution in [1.29, 1.82) is 0 Å². The number of esters is 1. The SMILES string of the molecule is CNS(=O)(=O)c1cccc(C(=O)OCC(=O)N2CCCC[C@@H]2C)c1. The first-order chi connectivity index (χ1) is 11.3. The van der Waals surface area contributed by atoms with E-state index in [1.54, 1.807) is 4.90 Å². The largest absolute Gasteiger partial charge is 0.452 e. The van der Waals surface area contributed by atoms with E-state index in [1.807, 2.05) is 6.92 Å². The average molecular weight is 354 g/mol. The number of carbonyl (C=O) groups is 2. The Kier molecular flexibility index (Phi) is 5.95. The quantitative estimate of drug-likeness (QED) is 0.801. The van der Waals surface area contributed by atoms with Gasteiger partial charge in [-0.1, -0.05) is 6.07 Å². The number of ether oxygens (including phenoxy) is 1. The molecule has 1 aliphatic heterocycles. The van der Waals surface area contributed by atoms with Crippen LogP contribution in [0.25, 0.3) is 0 Å². The molecule has 0 aliphatic carbocycles. The van der Waals surface area contributed by atoms with Crippen molar-refractivity contribution < 1.29 is 22.7 Å². The molecule has 1 aromatic carbocycles. The summed E-state index contributed by atoms with van der Waals surface area (Å²) in [5.74, 6) is -0.948. The summed E-state index contributed by atoms with van der Waals surface area (Å²) in [7, 11) is -2.35. The third-order valence-corrected chi connectivity index (χ3v) is 5.51. The number of rotatable bonds is 5. The summed E-state index contributed by atoms with van der Waals surface area (Å²) >= 11 is 0. The van der Waals surface area contributed by atoms with E-state index in [-0.39, 0.29) is 29.0 Å². The highest BCUT2D eigenvalue weighted by molar-refractivity contribution is 7.89. The fourth-order valence-electron chi connectivity index (χ4n) is 2.67. The van der Waals surface area contributed by atoms with Crippen molar-refractivity contribution in [2.75, 3.05) is 20.2 Å². The molecule has 132 valence electrons. The predicted octanol–water partition coefficient (Wildman–Crippen LogP) is 1.15. The number of benzene rings is 1. The van der Waals surface area contributed by atoms with Gasteiger partial charge in [0, 0.05) is 12.6 Å². The molecule has 7 nitrogen and oxygen atoms in total. The molecular formula is C16H22N2O5S. The first kappa shape index (κ1) is 18.4. The van der Waals surface area contributed by atoms with E-state index in [0.717, 1.165) is 19.3 Å². The molecule has 1 atom stereocenters. The van der Waals surface area contributed by atoms with Gasteiger partial charge in [-0.15, -0.1) is 0 Å². The lowest BCUT2D eigenvalue weighted by Gasteiger charge is -2.33. The summed E-state index contributed by atoms with van der Waals surface area (Å²) in [6, 6.07) is 5.65. The summed E-state index contributed by atoms with van der Waals surface area (Å²) in [5.41, 5.74) is 0.0887. The van der Waals surface area contributed by atoms with Crippen molar-refractivity contribution in [1.82, 2.24) is 9.62 Å². The highest BCUT2D eigenvalue weighted by Gasteiger charge is 2.24. The van der Waals surface area contributed by atoms with Gasteiger partial charge in [0.25, 0.3) is 5.91 Å². The molecule has 1 aliphatic rings. The number of likely N-dealkylation sites (tertiary alicyclic amines) is 1. The maximum absolute atomic E-state index is 12.2. The summed E-state index contributed by atoms with van der Waals surface area (Å²) in [6.45, 7) is 2.31. The van der Waals surface area contributed by atoms with Gasteiger partial charge in [0.05, 0.1) is 10.5 Å². The molecule has 1 amide bonds. The zero-order valence-electron chi connectivity index (χ0n) is 13.8. The second-order valence-corrected chi connectivity index (χ2v) is 7.63. The second kappa shape index (κ2) is 7.76. The van der Waals surface area contributed by atoms with Crippen molar-refractivity contribution >= 4 is 21.9 Å². The van der Waals surface area contributed by atoms with Crippen LogP contribution in [-0.2, 0) is 19.6 Å². The molecule has 1 aromatic rings. The van der Waals surface area contributed by atoms with Crippen molar-refractivity contribution in [3.05, 3.63) is 29.8 Å². The van der Waals surface area contributed by atoms with E-state index in [9.17, 15) is 18.0 Å². The minimum absolute atomic E-state index is 0.0320. The first-order valence-corrected chi connectivity index (χ1v) is 9.33. The van der Waals surface area contributed by atoms with Gasteiger partial charge in [-0.25, -0.2) is 17.9 Å². The van der Waals surface area contributed by atoms with Crippen LogP contribution in [0.3, 0.4) is 0 Å². The van der Waals surface area contributed by atoms with Crippen molar-refractivity contribution in [3.63, 3.8) is 0 Å². The van der Waals surface area contributed by atoms with Crippen LogP contribution < -0.4 is 4.72 Å². The van der Waals surface area contributed by atoms with Crippen molar-refractivity contribution in [2.24, 2.45) is 0 Å². The number of nitrogens with zero attached hydrogens (tertiary/aromatic N) is 1. The summed E-state index contributed by atoms with van der Waals surface area (Å²) < 4.78 is 30.7. The van der Waals surface area contributed by atoms with Crippen LogP contribution in [0.5, 0.6) is 0 Å². The molecule has 2 rings (SSSR count). The number of amides is 1. The smallest absolute Gasteiger partial charge is 0.338 e. The normalized spacial score (nSPS) is 18.2. The number of carbonyl (C=O) groups excluding carboxylic acids is 2. The molecule has 0 saturated carbocycles. The summed E-state index contributed by atoms with van der Waals surface area (Å²) in [5, 5.41) is 0. The molecule has 1 heterocycles. The summed E-state index contributed by atoms with van der Waals surface area (Å²) in [4.78, 5) is 25.9. The Morgan fingerprint density at radius 2 is 2.08 bits per heavy atom. The minimum atomic E-state index is -3.64. The van der Waals surface area contributed by atoms with E-state index in [1.165, 1.54) is 31.3 Å². The lowest BCUT2D eigenvalue weighted by atomic mass is 10.0. The maximum Gasteiger partial charge on any atom is 0.338 e. The number of hydrogen-bond acceptors (Lipinski definition) is 5. The lowest BCUT2D eigenvalue weighted by Crippen LogP contribution is -2.44. The van der Waals surface area contributed by atoms with Crippen LogP contribution in [-0.4, -0.2) is 51.4 Å². The number of hydrogen-bond donors (Lipinski definition) is 1. The topological polar surface area (TPSA) is 92.8 Å². The van der Waals surface area contributed by atoms with Gasteiger partial charge in [0.1, 0.15) is 0 Å². The van der Waals surface area contributed by atoms with E-state index < -0.39 is 16.0 Å². The van der Waals surface area contributed by atoms with Crippen LogP contribution in [0.15, 0.2) is 29.2 Å². The monoisotopic (exact) mass is 354 g/mol. The Labute approximate surface area is 142 Å². The van der Waals surface area contributed by atoms with Gasteiger partial charge < -0.3 is 9.64 Å². The van der Waals surface area contributed by atoms with Crippen LogP contribution >= 0.6 is 0 Å². The van der Waals surface area contributed by atoms with Crippen LogP contribution in [0.1, 0.15) is 36.5 Å². The van der Waals surface area contributed by atoms with Gasteiger partial charge in [-0.3, -0.25) is 4.79 Å². The first-order valence-electron chi connectivity index (χ1n) is 7.85. The van der Waals surface area contributed by atoms with Gasteiger partial charge in [-0.05, 0) is 51.4 Å². The van der Waals surface area contributed by atoms with E-state index >= 15 is 0 Å². The Bertz CT molecular complexity index is 717. The molecule has 0 radical (unpaired) electrons. The van der Waals surface area contributed by atoms with E-state index in [4.69, 9.17) is 4.74 Å². The third kappa shape index (κ3) is 4.33. The Morgan fingerprint density at radius 3 is 2.75 bits per heavy atom. The lowest BCUT2D eigenvalue weighted by molar-refractivity contribution is -0.137. The average Bonchev–Trinajstić information content (AvgIpc) is 2.60. The molecule has 8 heteroatoms. The standard InChI is InChI=1S/C16H22N2O5S/c1-12-6-3-4-9-18(12)15(19)11-23-16(20)13-7-5-8-14(10-13)24(21,22)17-2/h5,7-8,10,12,17H,3-4,6,9,11H2,1-2H3/t12-/m0/s1. The molecular weight excluding hydrogens is 332 g/mol. The molecule has 1 N–H and O–H groups in total. The fraction of sp³-hybridized carbons (Fsp3) is 0.500. The summed E-state index contributed by atoms with van der Waals surface area (Å²) in [6.07, 6.45) is 3.00. The van der Waals surface area contributed by atoms with E-state index in [2.05, 4.69) is 4.72 Å². The molecule has 0 bridgehead atoms. The zero-order valence-corrected chi connectivity index (χ0v) is 14.6. The fourth-order valence-corrected chi connectivity index (χ4v) is 3.45. The van der Waals surface area contributed by atoms with Crippen molar-refractivity contribution in [3.8, 4) is 0 Å².